The molecule has 0 aromatic heterocycles. The third kappa shape index (κ3) is 2.42. The predicted octanol–water partition coefficient (Wildman–Crippen LogP) is 1.01. The van der Waals surface area contributed by atoms with Crippen LogP contribution < -0.4 is 5.50 Å². The molecule has 0 bridgehead atoms. The van der Waals surface area contributed by atoms with E-state index in [1.165, 1.54) is 0 Å². The minimum atomic E-state index is -2.96. The van der Waals surface area contributed by atoms with Crippen molar-refractivity contribution in [2.24, 2.45) is 5.50 Å². The molecule has 0 unspecified atom stereocenters. The Kier molecular flexibility index (Phi) is 3.34. The lowest BCUT2D eigenvalue weighted by Gasteiger charge is -2.31. The summed E-state index contributed by atoms with van der Waals surface area (Å²) in [6, 6.07) is 0. The summed E-state index contributed by atoms with van der Waals surface area (Å²) in [6.45, 7) is 1.75. The Morgan fingerprint density at radius 1 is 1.73 bits per heavy atom. The van der Waals surface area contributed by atoms with Crippen molar-refractivity contribution in [1.29, 1.82) is 0 Å². The molecule has 1 saturated heterocycles. The van der Waals surface area contributed by atoms with Crippen molar-refractivity contribution >= 4 is 19.3 Å². The van der Waals surface area contributed by atoms with Crippen molar-refractivity contribution in [2.75, 3.05) is 25.6 Å². The van der Waals surface area contributed by atoms with Crippen molar-refractivity contribution in [2.45, 2.75) is 6.42 Å². The van der Waals surface area contributed by atoms with Gasteiger partial charge in [-0.15, -0.1) is 11.6 Å². The fraction of sp³-hybridized carbons (Fsp3) is 1.00. The molecule has 0 amide bonds. The van der Waals surface area contributed by atoms with Gasteiger partial charge in [0.1, 0.15) is 0 Å². The fourth-order valence-electron chi connectivity index (χ4n) is 1.01. The number of nitrogens with two attached hydrogens (primary N) is 1. The zero-order chi connectivity index (χ0) is 8.32. The molecule has 0 aliphatic carbocycles. The Balaban J connectivity index is 2.53. The van der Waals surface area contributed by atoms with Crippen LogP contribution in [0.5, 0.6) is 0 Å². The average Bonchev–Trinajstić information content (AvgIpc) is 1.94. The number of hydrogen-bond donors (Lipinski definition) is 1. The maximum absolute atomic E-state index is 11.4. The third-order valence-corrected chi connectivity index (χ3v) is 3.48. The van der Waals surface area contributed by atoms with E-state index in [9.17, 15) is 4.57 Å². The molecule has 1 aliphatic heterocycles. The highest BCUT2D eigenvalue weighted by Gasteiger charge is 2.29. The van der Waals surface area contributed by atoms with Crippen LogP contribution in [-0.4, -0.2) is 30.2 Å². The van der Waals surface area contributed by atoms with E-state index in [-0.39, 0.29) is 0 Å². The molecule has 2 N–H and O–H groups in total. The quantitative estimate of drug-likeness (QED) is 0.532. The van der Waals surface area contributed by atoms with Crippen LogP contribution >= 0.6 is 19.3 Å². The molecule has 0 aromatic carbocycles. The predicted molar refractivity (Wildman–Crippen MR) is 44.7 cm³/mol. The SMILES string of the molecule is N[P@@]1(=O)OCCCN1CCCl. The van der Waals surface area contributed by atoms with Crippen molar-refractivity contribution in [1.82, 2.24) is 4.67 Å². The van der Waals surface area contributed by atoms with Crippen molar-refractivity contribution < 1.29 is 9.09 Å². The van der Waals surface area contributed by atoms with E-state index >= 15 is 0 Å². The first-order chi connectivity index (χ1) is 5.17. The van der Waals surface area contributed by atoms with E-state index in [0.29, 0.717) is 19.0 Å². The highest BCUT2D eigenvalue weighted by atomic mass is 35.5. The second-order valence-corrected chi connectivity index (χ2v) is 4.72. The average molecular weight is 199 g/mol. The summed E-state index contributed by atoms with van der Waals surface area (Å²) in [5.41, 5.74) is 5.41. The molecule has 1 fully saturated rings. The first-order valence-electron chi connectivity index (χ1n) is 3.51. The van der Waals surface area contributed by atoms with E-state index in [2.05, 4.69) is 0 Å². The Hall–Kier alpha value is 0.400. The van der Waals surface area contributed by atoms with Gasteiger partial charge < -0.3 is 4.52 Å². The monoisotopic (exact) mass is 198 g/mol. The van der Waals surface area contributed by atoms with E-state index in [4.69, 9.17) is 21.6 Å². The molecular weight excluding hydrogens is 186 g/mol. The van der Waals surface area contributed by atoms with Crippen LogP contribution in [0.3, 0.4) is 0 Å². The summed E-state index contributed by atoms with van der Waals surface area (Å²) in [5, 5.41) is 0. The van der Waals surface area contributed by atoms with Gasteiger partial charge in [0.25, 0.3) is 0 Å². The first-order valence-corrected chi connectivity index (χ1v) is 5.69. The smallest absolute Gasteiger partial charge is 0.306 e. The molecule has 11 heavy (non-hydrogen) atoms. The number of nitrogens with zero attached hydrogens (tertiary/aromatic N) is 1. The molecular formula is C5H12ClN2O2P. The minimum Gasteiger partial charge on any atom is -0.306 e. The summed E-state index contributed by atoms with van der Waals surface area (Å²) >= 11 is 5.49. The van der Waals surface area contributed by atoms with Gasteiger partial charge in [0, 0.05) is 19.0 Å². The van der Waals surface area contributed by atoms with Crippen molar-refractivity contribution in [3.8, 4) is 0 Å². The van der Waals surface area contributed by atoms with Gasteiger partial charge in [-0.25, -0.2) is 10.2 Å². The van der Waals surface area contributed by atoms with Crippen LogP contribution in [0.2, 0.25) is 0 Å². The highest BCUT2D eigenvalue weighted by molar-refractivity contribution is 7.53. The van der Waals surface area contributed by atoms with Gasteiger partial charge in [0.2, 0.25) is 0 Å². The molecule has 66 valence electrons. The zero-order valence-corrected chi connectivity index (χ0v) is 7.85. The summed E-state index contributed by atoms with van der Waals surface area (Å²) in [4.78, 5) is 0. The van der Waals surface area contributed by atoms with Crippen LogP contribution in [-0.2, 0) is 9.09 Å². The van der Waals surface area contributed by atoms with Gasteiger partial charge in [0.05, 0.1) is 6.61 Å². The lowest BCUT2D eigenvalue weighted by Crippen LogP contribution is -2.33. The molecule has 1 atom stereocenters. The summed E-state index contributed by atoms with van der Waals surface area (Å²) in [5.74, 6) is 0.435. The number of alkyl halides is 1. The number of halogens is 1. The van der Waals surface area contributed by atoms with Crippen LogP contribution in [0.15, 0.2) is 0 Å². The topological polar surface area (TPSA) is 55.6 Å². The van der Waals surface area contributed by atoms with Gasteiger partial charge in [-0.05, 0) is 6.42 Å². The summed E-state index contributed by atoms with van der Waals surface area (Å²) in [7, 11) is -2.96. The van der Waals surface area contributed by atoms with Crippen LogP contribution in [0, 0.1) is 0 Å². The molecule has 0 aromatic rings. The Morgan fingerprint density at radius 3 is 3.00 bits per heavy atom. The summed E-state index contributed by atoms with van der Waals surface area (Å²) < 4.78 is 17.9. The normalized spacial score (nSPS) is 34.0. The zero-order valence-electron chi connectivity index (χ0n) is 6.20. The molecule has 6 heteroatoms. The van der Waals surface area contributed by atoms with Gasteiger partial charge in [-0.2, -0.15) is 0 Å². The van der Waals surface area contributed by atoms with Gasteiger partial charge in [-0.1, -0.05) is 0 Å². The van der Waals surface area contributed by atoms with E-state index in [1.54, 1.807) is 4.67 Å². The second-order valence-electron chi connectivity index (χ2n) is 2.39. The standard InChI is InChI=1S/C5H12ClN2O2P/c6-2-4-8-3-1-5-10-11(8,7)9/h1-5H2,(H2,7,9)/t11-/m1/s1. The third-order valence-electron chi connectivity index (χ3n) is 1.57. The Morgan fingerprint density at radius 2 is 2.45 bits per heavy atom. The van der Waals surface area contributed by atoms with Crippen LogP contribution in [0.4, 0.5) is 0 Å². The molecule has 1 aliphatic rings. The van der Waals surface area contributed by atoms with Crippen molar-refractivity contribution in [3.05, 3.63) is 0 Å². The maximum atomic E-state index is 11.4. The molecule has 0 saturated carbocycles. The molecule has 0 radical (unpaired) electrons. The van der Waals surface area contributed by atoms with Crippen LogP contribution in [0.1, 0.15) is 6.42 Å². The maximum Gasteiger partial charge on any atom is 0.340 e. The molecule has 1 rings (SSSR count). The number of rotatable bonds is 2. The van der Waals surface area contributed by atoms with E-state index in [1.807, 2.05) is 0 Å². The summed E-state index contributed by atoms with van der Waals surface area (Å²) in [6.07, 6.45) is 0.873. The molecule has 1 heterocycles. The first kappa shape index (κ1) is 9.49. The van der Waals surface area contributed by atoms with Crippen molar-refractivity contribution in [3.63, 3.8) is 0 Å². The van der Waals surface area contributed by atoms with Crippen LogP contribution in [0.25, 0.3) is 0 Å². The number of hydrogen-bond acceptors (Lipinski definition) is 2. The Bertz CT molecular complexity index is 176. The molecule has 0 spiro atoms. The second kappa shape index (κ2) is 3.87. The molecule has 4 nitrogen and oxygen atoms in total. The van der Waals surface area contributed by atoms with Gasteiger partial charge >= 0.3 is 7.67 Å². The fourth-order valence-corrected chi connectivity index (χ4v) is 2.69. The lowest BCUT2D eigenvalue weighted by molar-refractivity contribution is 0.211. The van der Waals surface area contributed by atoms with E-state index in [0.717, 1.165) is 13.0 Å². The minimum absolute atomic E-state index is 0.435. The van der Waals surface area contributed by atoms with E-state index < -0.39 is 7.67 Å². The lowest BCUT2D eigenvalue weighted by atomic mass is 10.4. The Labute approximate surface area is 71.2 Å². The van der Waals surface area contributed by atoms with Gasteiger partial charge in [0.15, 0.2) is 0 Å². The highest BCUT2D eigenvalue weighted by Crippen LogP contribution is 2.44. The largest absolute Gasteiger partial charge is 0.340 e. The van der Waals surface area contributed by atoms with Gasteiger partial charge in [-0.3, -0.25) is 4.57 Å².